The van der Waals surface area contributed by atoms with Crippen LogP contribution in [0.15, 0.2) is 47.5 Å². The number of aromatic nitrogens is 2. The van der Waals surface area contributed by atoms with Gasteiger partial charge in [0, 0.05) is 52.7 Å². The van der Waals surface area contributed by atoms with Gasteiger partial charge in [0.1, 0.15) is 5.82 Å². The van der Waals surface area contributed by atoms with Crippen LogP contribution in [0.2, 0.25) is 0 Å². The van der Waals surface area contributed by atoms with Gasteiger partial charge in [0.2, 0.25) is 6.79 Å². The van der Waals surface area contributed by atoms with Gasteiger partial charge in [-0.1, -0.05) is 18.2 Å². The minimum atomic E-state index is 0.321. The molecule has 2 aliphatic rings. The molecule has 3 heterocycles. The number of aryl methyl sites for hydroxylation is 1. The van der Waals surface area contributed by atoms with Crippen molar-refractivity contribution in [2.75, 3.05) is 46.6 Å². The predicted octanol–water partition coefficient (Wildman–Crippen LogP) is 2.62. The average Bonchev–Trinajstić information content (AvgIpc) is 3.46. The Morgan fingerprint density at radius 2 is 1.94 bits per heavy atom. The molecule has 1 fully saturated rings. The van der Waals surface area contributed by atoms with Crippen LogP contribution in [-0.2, 0) is 13.0 Å². The molecule has 0 spiro atoms. The van der Waals surface area contributed by atoms with Gasteiger partial charge in [0.15, 0.2) is 17.5 Å². The van der Waals surface area contributed by atoms with E-state index in [1.54, 1.807) is 0 Å². The number of hydrogen-bond acceptors (Lipinski definition) is 5. The zero-order chi connectivity index (χ0) is 21.8. The van der Waals surface area contributed by atoms with Crippen LogP contribution in [0.5, 0.6) is 11.5 Å². The zero-order valence-corrected chi connectivity index (χ0v) is 18.5. The number of H-pyrrole nitrogens is 1. The summed E-state index contributed by atoms with van der Waals surface area (Å²) in [4.78, 5) is 17.4. The molecule has 2 N–H and O–H groups in total. The summed E-state index contributed by atoms with van der Waals surface area (Å²) in [7, 11) is 1.86. The third-order valence-electron chi connectivity index (χ3n) is 6.04. The van der Waals surface area contributed by atoms with E-state index >= 15 is 0 Å². The molecule has 1 aromatic heterocycles. The lowest BCUT2D eigenvalue weighted by atomic mass is 10.1. The van der Waals surface area contributed by atoms with Crippen molar-refractivity contribution in [2.45, 2.75) is 19.4 Å². The number of aliphatic imine (C=N–C) groups is 1. The van der Waals surface area contributed by atoms with E-state index in [4.69, 9.17) is 9.47 Å². The Labute approximate surface area is 188 Å². The number of rotatable bonds is 6. The summed E-state index contributed by atoms with van der Waals surface area (Å²) in [5, 5.41) is 3.52. The highest BCUT2D eigenvalue weighted by atomic mass is 16.7. The second-order valence-electron chi connectivity index (χ2n) is 8.23. The smallest absolute Gasteiger partial charge is 0.231 e. The molecule has 0 radical (unpaired) electrons. The van der Waals surface area contributed by atoms with Crippen LogP contribution in [0.1, 0.15) is 17.8 Å². The molecule has 0 bridgehead atoms. The van der Waals surface area contributed by atoms with Crippen LogP contribution in [0.3, 0.4) is 0 Å². The minimum Gasteiger partial charge on any atom is -0.454 e. The van der Waals surface area contributed by atoms with Crippen molar-refractivity contribution in [3.05, 3.63) is 53.9 Å². The Balaban J connectivity index is 1.06. The highest BCUT2D eigenvalue weighted by Gasteiger charge is 2.20. The Kier molecular flexibility index (Phi) is 6.11. The Bertz CT molecular complexity index is 1050. The van der Waals surface area contributed by atoms with Crippen molar-refractivity contribution in [3.63, 3.8) is 0 Å². The Hall–Kier alpha value is -3.26. The van der Waals surface area contributed by atoms with Crippen LogP contribution in [0.4, 0.5) is 0 Å². The first-order valence-corrected chi connectivity index (χ1v) is 11.3. The van der Waals surface area contributed by atoms with E-state index in [9.17, 15) is 0 Å². The van der Waals surface area contributed by atoms with E-state index in [0.717, 1.165) is 86.4 Å². The molecule has 8 nitrogen and oxygen atoms in total. The van der Waals surface area contributed by atoms with Gasteiger partial charge < -0.3 is 24.7 Å². The van der Waals surface area contributed by atoms with Gasteiger partial charge >= 0.3 is 0 Å². The fraction of sp³-hybridized carbons (Fsp3) is 0.417. The number of ether oxygens (including phenoxy) is 2. The molecule has 2 aliphatic heterocycles. The van der Waals surface area contributed by atoms with Crippen LogP contribution < -0.4 is 14.8 Å². The molecule has 8 heteroatoms. The maximum absolute atomic E-state index is 5.50. The summed E-state index contributed by atoms with van der Waals surface area (Å²) in [6, 6.07) is 14.4. The lowest BCUT2D eigenvalue weighted by Gasteiger charge is -2.36. The molecule has 168 valence electrons. The fourth-order valence-corrected chi connectivity index (χ4v) is 4.33. The monoisotopic (exact) mass is 434 g/mol. The van der Waals surface area contributed by atoms with Crippen LogP contribution in [0.25, 0.3) is 11.0 Å². The summed E-state index contributed by atoms with van der Waals surface area (Å²) < 4.78 is 10.9. The third kappa shape index (κ3) is 4.65. The first kappa shape index (κ1) is 20.6. The molecule has 0 atom stereocenters. The number of imidazole rings is 1. The highest BCUT2D eigenvalue weighted by Crippen LogP contribution is 2.32. The van der Waals surface area contributed by atoms with Crippen molar-refractivity contribution in [3.8, 4) is 11.5 Å². The number of nitrogens with one attached hydrogen (secondary N) is 2. The number of nitrogens with zero attached hydrogens (tertiary/aromatic N) is 4. The number of para-hydroxylation sites is 2. The van der Waals surface area contributed by atoms with Crippen molar-refractivity contribution in [2.24, 2.45) is 4.99 Å². The van der Waals surface area contributed by atoms with E-state index in [0.29, 0.717) is 6.79 Å². The van der Waals surface area contributed by atoms with Gasteiger partial charge in [0.25, 0.3) is 0 Å². The molecule has 32 heavy (non-hydrogen) atoms. The van der Waals surface area contributed by atoms with E-state index in [-0.39, 0.29) is 0 Å². The zero-order valence-electron chi connectivity index (χ0n) is 18.5. The fourth-order valence-electron chi connectivity index (χ4n) is 4.33. The van der Waals surface area contributed by atoms with Crippen molar-refractivity contribution >= 4 is 17.0 Å². The van der Waals surface area contributed by atoms with Gasteiger partial charge in [-0.25, -0.2) is 4.98 Å². The number of aromatic amines is 1. The van der Waals surface area contributed by atoms with Crippen LogP contribution >= 0.6 is 0 Å². The molecule has 3 aromatic rings. The van der Waals surface area contributed by atoms with Crippen LogP contribution in [0, 0.1) is 0 Å². The summed E-state index contributed by atoms with van der Waals surface area (Å²) >= 11 is 0. The Morgan fingerprint density at radius 3 is 2.78 bits per heavy atom. The number of piperazine rings is 1. The summed E-state index contributed by atoms with van der Waals surface area (Å²) in [5.41, 5.74) is 3.39. The second-order valence-corrected chi connectivity index (χ2v) is 8.23. The topological polar surface area (TPSA) is 78.0 Å². The Morgan fingerprint density at radius 1 is 1.09 bits per heavy atom. The maximum Gasteiger partial charge on any atom is 0.231 e. The van der Waals surface area contributed by atoms with E-state index in [2.05, 4.69) is 48.3 Å². The lowest BCUT2D eigenvalue weighted by molar-refractivity contribution is 0.171. The number of guanidine groups is 1. The van der Waals surface area contributed by atoms with E-state index in [1.807, 2.05) is 31.3 Å². The standard InChI is InChI=1S/C24H30N6O2/c1-25-24(26-10-4-7-23-27-19-5-2-3-6-20(19)28-23)30-13-11-29(12-14-30)16-18-8-9-21-22(15-18)32-17-31-21/h2-3,5-6,8-9,15H,4,7,10-14,16-17H2,1H3,(H,25,26)(H,27,28). The quantitative estimate of drug-likeness (QED) is 0.353. The molecule has 0 saturated carbocycles. The molecule has 5 rings (SSSR count). The van der Waals surface area contributed by atoms with E-state index in [1.165, 1.54) is 5.56 Å². The van der Waals surface area contributed by atoms with Crippen molar-refractivity contribution in [1.82, 2.24) is 25.1 Å². The number of hydrogen-bond donors (Lipinski definition) is 2. The minimum absolute atomic E-state index is 0.321. The molecule has 0 aliphatic carbocycles. The SMILES string of the molecule is CN=C(NCCCc1nc2ccccc2[nH]1)N1CCN(Cc2ccc3c(c2)OCO3)CC1. The van der Waals surface area contributed by atoms with Crippen LogP contribution in [-0.4, -0.2) is 72.3 Å². The number of benzene rings is 2. The van der Waals surface area contributed by atoms with Gasteiger partial charge in [0.05, 0.1) is 11.0 Å². The van der Waals surface area contributed by atoms with Gasteiger partial charge in [-0.2, -0.15) is 0 Å². The first-order chi connectivity index (χ1) is 15.8. The summed E-state index contributed by atoms with van der Waals surface area (Å²) in [5.74, 6) is 3.72. The van der Waals surface area contributed by atoms with Crippen molar-refractivity contribution < 1.29 is 9.47 Å². The molecule has 2 aromatic carbocycles. The van der Waals surface area contributed by atoms with E-state index < -0.39 is 0 Å². The molecule has 1 saturated heterocycles. The third-order valence-corrected chi connectivity index (χ3v) is 6.04. The first-order valence-electron chi connectivity index (χ1n) is 11.3. The lowest BCUT2D eigenvalue weighted by Crippen LogP contribution is -2.52. The maximum atomic E-state index is 5.50. The predicted molar refractivity (Wildman–Crippen MR) is 125 cm³/mol. The van der Waals surface area contributed by atoms with Gasteiger partial charge in [-0.3, -0.25) is 9.89 Å². The molecular formula is C24H30N6O2. The van der Waals surface area contributed by atoms with Crippen molar-refractivity contribution in [1.29, 1.82) is 0 Å². The summed E-state index contributed by atoms with van der Waals surface area (Å²) in [6.45, 7) is 6.07. The molecule has 0 amide bonds. The second kappa shape index (κ2) is 9.48. The average molecular weight is 435 g/mol. The molecular weight excluding hydrogens is 404 g/mol. The van der Waals surface area contributed by atoms with Gasteiger partial charge in [-0.05, 0) is 36.2 Å². The molecule has 0 unspecified atom stereocenters. The van der Waals surface area contributed by atoms with Gasteiger partial charge in [-0.15, -0.1) is 0 Å². The highest BCUT2D eigenvalue weighted by molar-refractivity contribution is 5.80. The number of fused-ring (bicyclic) bond motifs is 2. The largest absolute Gasteiger partial charge is 0.454 e. The summed E-state index contributed by atoms with van der Waals surface area (Å²) in [6.07, 6.45) is 1.92. The normalized spacial score (nSPS) is 16.7.